The van der Waals surface area contributed by atoms with E-state index in [0.29, 0.717) is 23.6 Å². The fraction of sp³-hybridized carbons (Fsp3) is 0.556. The van der Waals surface area contributed by atoms with Crippen molar-refractivity contribution in [3.63, 3.8) is 0 Å². The maximum atomic E-state index is 6.21. The lowest BCUT2D eigenvalue weighted by Crippen LogP contribution is -2.25. The molecule has 2 fully saturated rings. The monoisotopic (exact) mass is 359 g/mol. The molecule has 0 aromatic carbocycles. The molecule has 2 saturated heterocycles. The van der Waals surface area contributed by atoms with Gasteiger partial charge < -0.3 is 9.64 Å². The zero-order valence-electron chi connectivity index (χ0n) is 13.9. The number of thiophene rings is 1. The Morgan fingerprint density at radius 1 is 1.33 bits per heavy atom. The summed E-state index contributed by atoms with van der Waals surface area (Å²) < 4.78 is 15.2. The van der Waals surface area contributed by atoms with E-state index in [2.05, 4.69) is 44.7 Å². The third-order valence-electron chi connectivity index (χ3n) is 4.89. The van der Waals surface area contributed by atoms with E-state index >= 15 is 0 Å². The quantitative estimate of drug-likeness (QED) is 0.784. The number of piperidine rings is 1. The van der Waals surface area contributed by atoms with Crippen LogP contribution in [0.4, 0.5) is 0 Å². The van der Waals surface area contributed by atoms with Gasteiger partial charge in [0.05, 0.1) is 11.7 Å². The molecule has 0 saturated carbocycles. The molecular formula is C18H21N3OS2. The highest BCUT2D eigenvalue weighted by molar-refractivity contribution is 7.08. The molecule has 126 valence electrons. The molecular weight excluding hydrogens is 338 g/mol. The van der Waals surface area contributed by atoms with Crippen LogP contribution in [-0.4, -0.2) is 39.4 Å². The van der Waals surface area contributed by atoms with Crippen LogP contribution in [0.25, 0.3) is 0 Å². The van der Waals surface area contributed by atoms with Crippen LogP contribution in [0.1, 0.15) is 37.4 Å². The smallest absolute Gasteiger partial charge is 0.250 e. The lowest BCUT2D eigenvalue weighted by atomic mass is 9.90. The van der Waals surface area contributed by atoms with E-state index in [1.165, 1.54) is 31.2 Å². The number of fused-ring (bicyclic) bond motifs is 2. The van der Waals surface area contributed by atoms with Gasteiger partial charge in [0.25, 0.3) is 5.88 Å². The van der Waals surface area contributed by atoms with E-state index in [1.54, 1.807) is 11.3 Å². The Hall–Kier alpha value is -1.42. The van der Waals surface area contributed by atoms with Crippen molar-refractivity contribution in [2.45, 2.75) is 32.3 Å². The highest BCUT2D eigenvalue weighted by Crippen LogP contribution is 2.42. The van der Waals surface area contributed by atoms with Gasteiger partial charge in [-0.3, -0.25) is 0 Å². The van der Waals surface area contributed by atoms with Crippen LogP contribution in [0, 0.1) is 23.7 Å². The molecule has 0 aliphatic carbocycles. The number of hydrogen-bond acceptors (Lipinski definition) is 6. The molecule has 2 aromatic rings. The van der Waals surface area contributed by atoms with Crippen molar-refractivity contribution >= 4 is 23.1 Å². The van der Waals surface area contributed by atoms with E-state index in [1.807, 2.05) is 11.4 Å². The summed E-state index contributed by atoms with van der Waals surface area (Å²) in [5.74, 6) is 8.69. The lowest BCUT2D eigenvalue weighted by molar-refractivity contribution is 0.195. The summed E-state index contributed by atoms with van der Waals surface area (Å²) in [7, 11) is 0. The fourth-order valence-electron chi connectivity index (χ4n) is 3.53. The van der Waals surface area contributed by atoms with Crippen LogP contribution in [0.15, 0.2) is 16.8 Å². The Balaban J connectivity index is 1.52. The van der Waals surface area contributed by atoms with Crippen LogP contribution in [0.3, 0.4) is 0 Å². The normalized spacial score (nSPS) is 26.4. The molecule has 4 nitrogen and oxygen atoms in total. The molecule has 2 bridgehead atoms. The van der Waals surface area contributed by atoms with E-state index in [9.17, 15) is 0 Å². The van der Waals surface area contributed by atoms with Crippen molar-refractivity contribution in [3.05, 3.63) is 28.1 Å². The Bertz CT molecular complexity index is 744. The molecule has 2 aromatic heterocycles. The highest BCUT2D eigenvalue weighted by Gasteiger charge is 2.41. The van der Waals surface area contributed by atoms with Crippen molar-refractivity contribution < 1.29 is 4.74 Å². The Labute approximate surface area is 151 Å². The van der Waals surface area contributed by atoms with E-state index in [4.69, 9.17) is 4.74 Å². The van der Waals surface area contributed by atoms with Gasteiger partial charge >= 0.3 is 0 Å². The van der Waals surface area contributed by atoms with Crippen LogP contribution in [-0.2, 0) is 0 Å². The summed E-state index contributed by atoms with van der Waals surface area (Å²) in [4.78, 5) is 2.52. The van der Waals surface area contributed by atoms with Gasteiger partial charge in [-0.1, -0.05) is 25.7 Å². The van der Waals surface area contributed by atoms with Crippen molar-refractivity contribution in [3.8, 4) is 17.7 Å². The second-order valence-corrected chi connectivity index (χ2v) is 8.24. The minimum Gasteiger partial charge on any atom is -0.459 e. The summed E-state index contributed by atoms with van der Waals surface area (Å²) in [5, 5.41) is 4.10. The van der Waals surface area contributed by atoms with E-state index in [-0.39, 0.29) is 6.10 Å². The molecule has 0 radical (unpaired) electrons. The minimum atomic E-state index is -0.161. The van der Waals surface area contributed by atoms with Gasteiger partial charge in [-0.05, 0) is 30.3 Å². The number of hydrogen-bond donors (Lipinski definition) is 0. The zero-order chi connectivity index (χ0) is 16.5. The predicted octanol–water partition coefficient (Wildman–Crippen LogP) is 3.47. The molecule has 0 N–H and O–H groups in total. The SMILES string of the molecule is CC(C)C(C#Cc1ccsc1)Oc1nsnc1C1CN2CCC1C2. The molecule has 4 unspecified atom stereocenters. The highest BCUT2D eigenvalue weighted by atomic mass is 32.1. The predicted molar refractivity (Wildman–Crippen MR) is 97.6 cm³/mol. The average molecular weight is 360 g/mol. The van der Waals surface area contributed by atoms with Gasteiger partial charge in [0.15, 0.2) is 6.10 Å². The van der Waals surface area contributed by atoms with E-state index in [0.717, 1.165) is 17.8 Å². The molecule has 0 amide bonds. The first kappa shape index (κ1) is 16.1. The van der Waals surface area contributed by atoms with Crippen molar-refractivity contribution in [1.82, 2.24) is 13.6 Å². The summed E-state index contributed by atoms with van der Waals surface area (Å²) >= 11 is 2.92. The third-order valence-corrected chi connectivity index (χ3v) is 6.10. The zero-order valence-corrected chi connectivity index (χ0v) is 15.6. The van der Waals surface area contributed by atoms with Gasteiger partial charge in [-0.15, -0.1) is 4.37 Å². The largest absolute Gasteiger partial charge is 0.459 e. The summed E-state index contributed by atoms with van der Waals surface area (Å²) in [5.41, 5.74) is 2.10. The molecule has 0 spiro atoms. The maximum Gasteiger partial charge on any atom is 0.250 e. The van der Waals surface area contributed by atoms with Gasteiger partial charge in [-0.2, -0.15) is 15.7 Å². The number of aromatic nitrogens is 2. The summed E-state index contributed by atoms with van der Waals surface area (Å²) in [6.45, 7) is 7.80. The van der Waals surface area contributed by atoms with Gasteiger partial charge in [0.2, 0.25) is 0 Å². The number of nitrogens with zero attached hydrogens (tertiary/aromatic N) is 3. The molecule has 4 heterocycles. The third kappa shape index (κ3) is 3.21. The van der Waals surface area contributed by atoms with Crippen molar-refractivity contribution in [2.75, 3.05) is 19.6 Å². The molecule has 2 aliphatic heterocycles. The first-order valence-electron chi connectivity index (χ1n) is 8.46. The van der Waals surface area contributed by atoms with Crippen LogP contribution >= 0.6 is 23.1 Å². The molecule has 6 heteroatoms. The second-order valence-electron chi connectivity index (χ2n) is 6.93. The first-order chi connectivity index (χ1) is 11.7. The average Bonchev–Trinajstić information content (AvgIpc) is 3.35. The Kier molecular flexibility index (Phi) is 4.57. The van der Waals surface area contributed by atoms with Crippen LogP contribution in [0.5, 0.6) is 5.88 Å². The molecule has 24 heavy (non-hydrogen) atoms. The molecule has 4 atom stereocenters. The number of ether oxygens (including phenoxy) is 1. The van der Waals surface area contributed by atoms with Crippen LogP contribution < -0.4 is 4.74 Å². The van der Waals surface area contributed by atoms with Gasteiger partial charge in [-0.25, -0.2) is 0 Å². The fourth-order valence-corrected chi connectivity index (χ4v) is 4.67. The van der Waals surface area contributed by atoms with Crippen molar-refractivity contribution in [2.24, 2.45) is 11.8 Å². The first-order valence-corrected chi connectivity index (χ1v) is 10.1. The van der Waals surface area contributed by atoms with Crippen LogP contribution in [0.2, 0.25) is 0 Å². The summed E-state index contributed by atoms with van der Waals surface area (Å²) in [6, 6.07) is 2.04. The van der Waals surface area contributed by atoms with Gasteiger partial charge in [0.1, 0.15) is 5.69 Å². The summed E-state index contributed by atoms with van der Waals surface area (Å²) in [6.07, 6.45) is 1.11. The topological polar surface area (TPSA) is 38.3 Å². The number of rotatable bonds is 4. The lowest BCUT2D eigenvalue weighted by Gasteiger charge is -2.22. The maximum absolute atomic E-state index is 6.21. The molecule has 4 rings (SSSR count). The standard InChI is InChI=1S/C18H21N3OS2/c1-12(2)16(4-3-13-6-8-23-11-13)22-18-17(19-24-20-18)15-10-21-7-5-14(15)9-21/h6,8,11-12,14-16H,5,7,9-10H2,1-2H3. The Morgan fingerprint density at radius 3 is 2.92 bits per heavy atom. The Morgan fingerprint density at radius 2 is 2.25 bits per heavy atom. The van der Waals surface area contributed by atoms with Crippen molar-refractivity contribution in [1.29, 1.82) is 0 Å². The molecule has 2 aliphatic rings. The minimum absolute atomic E-state index is 0.161. The van der Waals surface area contributed by atoms with Gasteiger partial charge in [0, 0.05) is 35.9 Å². The second kappa shape index (κ2) is 6.83. The van der Waals surface area contributed by atoms with E-state index < -0.39 is 0 Å².